The molecule has 3 rings (SSSR count). The Morgan fingerprint density at radius 2 is 1.72 bits per heavy atom. The number of benzene rings is 2. The van der Waals surface area contributed by atoms with Gasteiger partial charge in [0, 0.05) is 0 Å². The molecule has 0 fully saturated rings. The second-order valence-corrected chi connectivity index (χ2v) is 4.66. The molecule has 3 aromatic rings. The average Bonchev–Trinajstić information content (AvgIpc) is 2.74. The van der Waals surface area contributed by atoms with Crippen LogP contribution in [0.15, 0.2) is 42.5 Å². The van der Waals surface area contributed by atoms with Gasteiger partial charge in [-0.1, -0.05) is 35.5 Å². The summed E-state index contributed by atoms with van der Waals surface area (Å²) in [7, 11) is 0. The van der Waals surface area contributed by atoms with E-state index in [1.807, 2.05) is 22.9 Å². The van der Waals surface area contributed by atoms with Crippen molar-refractivity contribution >= 4 is 11.0 Å². The molecule has 0 bridgehead atoms. The topological polar surface area (TPSA) is 30.7 Å². The second-order valence-electron chi connectivity index (χ2n) is 4.66. The summed E-state index contributed by atoms with van der Waals surface area (Å²) in [5.41, 5.74) is 5.84. The van der Waals surface area contributed by atoms with Crippen molar-refractivity contribution in [2.45, 2.75) is 20.4 Å². The Bertz CT molecular complexity index is 684. The molecule has 18 heavy (non-hydrogen) atoms. The Morgan fingerprint density at radius 1 is 1.00 bits per heavy atom. The molecule has 1 heterocycles. The van der Waals surface area contributed by atoms with Crippen molar-refractivity contribution < 1.29 is 0 Å². The van der Waals surface area contributed by atoms with Crippen LogP contribution in [0.1, 0.15) is 16.7 Å². The first-order valence-corrected chi connectivity index (χ1v) is 6.08. The summed E-state index contributed by atoms with van der Waals surface area (Å²) in [6, 6.07) is 14.6. The average molecular weight is 237 g/mol. The SMILES string of the molecule is Cc1cc2nnn(Cc3ccccc3)c2cc1C. The Kier molecular flexibility index (Phi) is 2.59. The minimum absolute atomic E-state index is 0.764. The number of fused-ring (bicyclic) bond motifs is 1. The third kappa shape index (κ3) is 1.88. The highest BCUT2D eigenvalue weighted by molar-refractivity contribution is 5.76. The summed E-state index contributed by atoms with van der Waals surface area (Å²) < 4.78 is 1.96. The quantitative estimate of drug-likeness (QED) is 0.685. The first-order chi connectivity index (χ1) is 8.74. The van der Waals surface area contributed by atoms with E-state index in [-0.39, 0.29) is 0 Å². The lowest BCUT2D eigenvalue weighted by Crippen LogP contribution is -2.01. The monoisotopic (exact) mass is 237 g/mol. The Morgan fingerprint density at radius 3 is 2.50 bits per heavy atom. The highest BCUT2D eigenvalue weighted by Gasteiger charge is 2.06. The van der Waals surface area contributed by atoms with Crippen molar-refractivity contribution in [2.24, 2.45) is 0 Å². The summed E-state index contributed by atoms with van der Waals surface area (Å²) >= 11 is 0. The van der Waals surface area contributed by atoms with E-state index in [9.17, 15) is 0 Å². The zero-order chi connectivity index (χ0) is 12.5. The Hall–Kier alpha value is -2.16. The zero-order valence-electron chi connectivity index (χ0n) is 10.6. The first-order valence-electron chi connectivity index (χ1n) is 6.08. The van der Waals surface area contributed by atoms with E-state index < -0.39 is 0 Å². The smallest absolute Gasteiger partial charge is 0.113 e. The molecular formula is C15H15N3. The van der Waals surface area contributed by atoms with Crippen LogP contribution in [0.25, 0.3) is 11.0 Å². The maximum absolute atomic E-state index is 4.24. The van der Waals surface area contributed by atoms with Crippen molar-refractivity contribution in [1.82, 2.24) is 15.0 Å². The minimum Gasteiger partial charge on any atom is -0.240 e. The summed E-state index contributed by atoms with van der Waals surface area (Å²) in [5, 5.41) is 8.47. The maximum Gasteiger partial charge on any atom is 0.113 e. The van der Waals surface area contributed by atoms with Gasteiger partial charge < -0.3 is 0 Å². The van der Waals surface area contributed by atoms with Crippen LogP contribution in [0, 0.1) is 13.8 Å². The molecule has 0 saturated heterocycles. The fourth-order valence-electron chi connectivity index (χ4n) is 2.10. The molecule has 90 valence electrons. The van der Waals surface area contributed by atoms with Gasteiger partial charge in [0.05, 0.1) is 12.1 Å². The van der Waals surface area contributed by atoms with Gasteiger partial charge >= 0.3 is 0 Å². The molecule has 0 aliphatic heterocycles. The van der Waals surface area contributed by atoms with Crippen molar-refractivity contribution in [2.75, 3.05) is 0 Å². The van der Waals surface area contributed by atoms with Crippen LogP contribution in [0.3, 0.4) is 0 Å². The van der Waals surface area contributed by atoms with E-state index in [0.717, 1.165) is 17.6 Å². The van der Waals surface area contributed by atoms with Crippen molar-refractivity contribution in [1.29, 1.82) is 0 Å². The number of aromatic nitrogens is 3. The largest absolute Gasteiger partial charge is 0.240 e. The van der Waals surface area contributed by atoms with Crippen LogP contribution < -0.4 is 0 Å². The molecule has 3 heteroatoms. The number of nitrogens with zero attached hydrogens (tertiary/aromatic N) is 3. The van der Waals surface area contributed by atoms with E-state index in [0.29, 0.717) is 0 Å². The van der Waals surface area contributed by atoms with Gasteiger partial charge in [-0.3, -0.25) is 0 Å². The molecule has 2 aromatic carbocycles. The summed E-state index contributed by atoms with van der Waals surface area (Å²) in [5.74, 6) is 0. The molecule has 0 spiro atoms. The molecular weight excluding hydrogens is 222 g/mol. The fourth-order valence-corrected chi connectivity index (χ4v) is 2.10. The molecule has 3 nitrogen and oxygen atoms in total. The van der Waals surface area contributed by atoms with Gasteiger partial charge in [-0.25, -0.2) is 4.68 Å². The van der Waals surface area contributed by atoms with Crippen LogP contribution in [0.4, 0.5) is 0 Å². The molecule has 0 amide bonds. The molecule has 0 aliphatic carbocycles. The lowest BCUT2D eigenvalue weighted by atomic mass is 10.1. The van der Waals surface area contributed by atoms with Gasteiger partial charge in [0.1, 0.15) is 5.52 Å². The number of rotatable bonds is 2. The van der Waals surface area contributed by atoms with Crippen molar-refractivity contribution in [3.8, 4) is 0 Å². The lowest BCUT2D eigenvalue weighted by Gasteiger charge is -2.04. The molecule has 0 N–H and O–H groups in total. The van der Waals surface area contributed by atoms with Crippen LogP contribution in [-0.2, 0) is 6.54 Å². The number of aryl methyl sites for hydroxylation is 2. The highest BCUT2D eigenvalue weighted by atomic mass is 15.4. The molecule has 0 radical (unpaired) electrons. The van der Waals surface area contributed by atoms with Crippen LogP contribution in [-0.4, -0.2) is 15.0 Å². The third-order valence-corrected chi connectivity index (χ3v) is 3.30. The molecule has 1 aromatic heterocycles. The predicted molar refractivity (Wildman–Crippen MR) is 72.5 cm³/mol. The van der Waals surface area contributed by atoms with E-state index in [1.54, 1.807) is 0 Å². The minimum atomic E-state index is 0.764. The van der Waals surface area contributed by atoms with E-state index in [4.69, 9.17) is 0 Å². The summed E-state index contributed by atoms with van der Waals surface area (Å²) in [4.78, 5) is 0. The van der Waals surface area contributed by atoms with Gasteiger partial charge in [0.15, 0.2) is 0 Å². The third-order valence-electron chi connectivity index (χ3n) is 3.30. The van der Waals surface area contributed by atoms with Gasteiger partial charge in [-0.05, 0) is 42.7 Å². The maximum atomic E-state index is 4.24. The second kappa shape index (κ2) is 4.26. The number of hydrogen-bond donors (Lipinski definition) is 0. The molecule has 0 saturated carbocycles. The highest BCUT2D eigenvalue weighted by Crippen LogP contribution is 2.17. The van der Waals surface area contributed by atoms with Crippen molar-refractivity contribution in [3.63, 3.8) is 0 Å². The van der Waals surface area contributed by atoms with E-state index in [2.05, 4.69) is 48.4 Å². The van der Waals surface area contributed by atoms with Gasteiger partial charge in [0.2, 0.25) is 0 Å². The number of hydrogen-bond acceptors (Lipinski definition) is 2. The van der Waals surface area contributed by atoms with Gasteiger partial charge in [-0.2, -0.15) is 0 Å². The fraction of sp³-hybridized carbons (Fsp3) is 0.200. The normalized spacial score (nSPS) is 11.0. The molecule has 0 atom stereocenters. The summed E-state index contributed by atoms with van der Waals surface area (Å²) in [6.07, 6.45) is 0. The standard InChI is InChI=1S/C15H15N3/c1-11-8-14-15(9-12(11)2)18(17-16-14)10-13-6-4-3-5-7-13/h3-9H,10H2,1-2H3. The van der Waals surface area contributed by atoms with Gasteiger partial charge in [-0.15, -0.1) is 5.10 Å². The zero-order valence-corrected chi connectivity index (χ0v) is 10.6. The Balaban J connectivity index is 2.05. The summed E-state index contributed by atoms with van der Waals surface area (Å²) in [6.45, 7) is 4.99. The first kappa shape index (κ1) is 11.0. The molecule has 0 unspecified atom stereocenters. The van der Waals surface area contributed by atoms with Crippen LogP contribution in [0.5, 0.6) is 0 Å². The van der Waals surface area contributed by atoms with Gasteiger partial charge in [0.25, 0.3) is 0 Å². The lowest BCUT2D eigenvalue weighted by molar-refractivity contribution is 0.669. The van der Waals surface area contributed by atoms with Crippen LogP contribution >= 0.6 is 0 Å². The van der Waals surface area contributed by atoms with E-state index in [1.165, 1.54) is 16.7 Å². The van der Waals surface area contributed by atoms with Crippen molar-refractivity contribution in [3.05, 3.63) is 59.2 Å². The van der Waals surface area contributed by atoms with E-state index >= 15 is 0 Å². The molecule has 0 aliphatic rings. The van der Waals surface area contributed by atoms with Crippen LogP contribution in [0.2, 0.25) is 0 Å². The Labute approximate surface area is 106 Å². The predicted octanol–water partition coefficient (Wildman–Crippen LogP) is 3.10.